The molecule has 0 fully saturated rings. The first kappa shape index (κ1) is 15.7. The van der Waals surface area contributed by atoms with Gasteiger partial charge in [-0.2, -0.15) is 4.31 Å². The van der Waals surface area contributed by atoms with Gasteiger partial charge in [0, 0.05) is 12.2 Å². The normalized spacial score (nSPS) is 11.6. The molecule has 0 unspecified atom stereocenters. The van der Waals surface area contributed by atoms with Gasteiger partial charge in [0.2, 0.25) is 15.9 Å². The van der Waals surface area contributed by atoms with Crippen LogP contribution in [0.2, 0.25) is 0 Å². The number of sulfonamides is 1. The van der Waals surface area contributed by atoms with Crippen molar-refractivity contribution in [2.75, 3.05) is 24.7 Å². The summed E-state index contributed by atoms with van der Waals surface area (Å²) in [6.45, 7) is 3.95. The lowest BCUT2D eigenvalue weighted by molar-refractivity contribution is -0.116. The van der Waals surface area contributed by atoms with Crippen LogP contribution in [0.4, 0.5) is 5.69 Å². The van der Waals surface area contributed by atoms with Crippen molar-refractivity contribution in [1.82, 2.24) is 4.31 Å². The minimum absolute atomic E-state index is 0.152. The third-order valence-electron chi connectivity index (χ3n) is 2.68. The van der Waals surface area contributed by atoms with Gasteiger partial charge < -0.3 is 5.32 Å². The summed E-state index contributed by atoms with van der Waals surface area (Å²) < 4.78 is 24.2. The largest absolute Gasteiger partial charge is 0.325 e. The fourth-order valence-corrected chi connectivity index (χ4v) is 2.54. The van der Waals surface area contributed by atoms with Crippen molar-refractivity contribution in [2.45, 2.75) is 20.3 Å². The molecule has 0 aromatic heterocycles. The lowest BCUT2D eigenvalue weighted by atomic mass is 10.2. The number of anilines is 1. The average Bonchev–Trinajstić information content (AvgIpc) is 2.30. The summed E-state index contributed by atoms with van der Waals surface area (Å²) in [5.74, 6) is -0.326. The Morgan fingerprint density at radius 3 is 2.47 bits per heavy atom. The summed E-state index contributed by atoms with van der Waals surface area (Å²) in [5.41, 5.74) is 1.65. The van der Waals surface area contributed by atoms with Gasteiger partial charge in [-0.05, 0) is 25.0 Å². The van der Waals surface area contributed by atoms with Crippen LogP contribution in [-0.4, -0.2) is 38.0 Å². The number of aryl methyl sites for hydroxylation is 1. The molecule has 0 aliphatic heterocycles. The molecule has 19 heavy (non-hydrogen) atoms. The monoisotopic (exact) mass is 284 g/mol. The van der Waals surface area contributed by atoms with Gasteiger partial charge in [-0.1, -0.05) is 25.1 Å². The molecule has 106 valence electrons. The molecule has 1 amide bonds. The molecule has 0 radical (unpaired) electrons. The van der Waals surface area contributed by atoms with Gasteiger partial charge in [-0.15, -0.1) is 0 Å². The van der Waals surface area contributed by atoms with Gasteiger partial charge >= 0.3 is 0 Å². The maximum absolute atomic E-state index is 11.9. The Morgan fingerprint density at radius 2 is 1.95 bits per heavy atom. The van der Waals surface area contributed by atoms with E-state index in [2.05, 4.69) is 5.32 Å². The molecule has 0 spiro atoms. The van der Waals surface area contributed by atoms with Crippen LogP contribution in [0.25, 0.3) is 0 Å². The number of carbonyl (C=O) groups is 1. The SMILES string of the molecule is CCCN(CC(=O)Nc1ccccc1C)S(C)(=O)=O. The molecule has 0 aliphatic carbocycles. The standard InChI is InChI=1S/C13H20N2O3S/c1-4-9-15(19(3,17)18)10-13(16)14-12-8-6-5-7-11(12)2/h5-8H,4,9-10H2,1-3H3,(H,14,16). The zero-order chi connectivity index (χ0) is 14.5. The fraction of sp³-hybridized carbons (Fsp3) is 0.462. The molecule has 0 atom stereocenters. The molecule has 1 aromatic rings. The average molecular weight is 284 g/mol. The second kappa shape index (κ2) is 6.68. The lowest BCUT2D eigenvalue weighted by Gasteiger charge is -2.18. The quantitative estimate of drug-likeness (QED) is 0.863. The minimum Gasteiger partial charge on any atom is -0.325 e. The number of benzene rings is 1. The molecule has 0 heterocycles. The summed E-state index contributed by atoms with van der Waals surface area (Å²) in [7, 11) is -3.35. The highest BCUT2D eigenvalue weighted by Gasteiger charge is 2.19. The molecular weight excluding hydrogens is 264 g/mol. The Morgan fingerprint density at radius 1 is 1.32 bits per heavy atom. The number of carbonyl (C=O) groups excluding carboxylic acids is 1. The number of nitrogens with zero attached hydrogens (tertiary/aromatic N) is 1. The van der Waals surface area contributed by atoms with E-state index in [1.165, 1.54) is 4.31 Å². The van der Waals surface area contributed by atoms with Gasteiger partial charge in [0.25, 0.3) is 0 Å². The lowest BCUT2D eigenvalue weighted by Crippen LogP contribution is -2.37. The molecule has 5 nitrogen and oxygen atoms in total. The maximum Gasteiger partial charge on any atom is 0.239 e. The van der Waals surface area contributed by atoms with Crippen LogP contribution in [0.5, 0.6) is 0 Å². The number of hydrogen-bond acceptors (Lipinski definition) is 3. The Hall–Kier alpha value is -1.40. The van der Waals surface area contributed by atoms with Crippen LogP contribution in [-0.2, 0) is 14.8 Å². The Kier molecular flexibility index (Phi) is 5.50. The second-order valence-corrected chi connectivity index (χ2v) is 6.44. The van der Waals surface area contributed by atoms with E-state index in [0.717, 1.165) is 11.8 Å². The van der Waals surface area contributed by atoms with E-state index in [1.807, 2.05) is 32.0 Å². The molecule has 0 saturated heterocycles. The number of amides is 1. The van der Waals surface area contributed by atoms with Crippen molar-refractivity contribution < 1.29 is 13.2 Å². The second-order valence-electron chi connectivity index (χ2n) is 4.46. The number of rotatable bonds is 6. The molecule has 0 saturated carbocycles. The molecule has 0 bridgehead atoms. The maximum atomic E-state index is 11.9. The topological polar surface area (TPSA) is 66.5 Å². The first-order valence-electron chi connectivity index (χ1n) is 6.15. The van der Waals surface area contributed by atoms with Crippen LogP contribution < -0.4 is 5.32 Å². The van der Waals surface area contributed by atoms with Crippen LogP contribution >= 0.6 is 0 Å². The molecule has 6 heteroatoms. The van der Waals surface area contributed by atoms with Crippen molar-refractivity contribution in [3.63, 3.8) is 0 Å². The summed E-state index contributed by atoms with van der Waals surface area (Å²) in [6.07, 6.45) is 1.79. The molecule has 0 aliphatic rings. The van der Waals surface area contributed by atoms with E-state index in [-0.39, 0.29) is 12.5 Å². The van der Waals surface area contributed by atoms with Gasteiger partial charge in [0.1, 0.15) is 0 Å². The predicted octanol–water partition coefficient (Wildman–Crippen LogP) is 1.61. The Bertz CT molecular complexity index is 541. The van der Waals surface area contributed by atoms with Gasteiger partial charge in [0.05, 0.1) is 12.8 Å². The van der Waals surface area contributed by atoms with Crippen molar-refractivity contribution in [3.8, 4) is 0 Å². The number of para-hydroxylation sites is 1. The molecule has 1 aromatic carbocycles. The van der Waals surface area contributed by atoms with Gasteiger partial charge in [0.15, 0.2) is 0 Å². The molecule has 1 N–H and O–H groups in total. The van der Waals surface area contributed by atoms with E-state index < -0.39 is 10.0 Å². The zero-order valence-corrected chi connectivity index (χ0v) is 12.3. The van der Waals surface area contributed by atoms with Crippen molar-refractivity contribution >= 4 is 21.6 Å². The van der Waals surface area contributed by atoms with Gasteiger partial charge in [-0.3, -0.25) is 4.79 Å². The van der Waals surface area contributed by atoms with E-state index >= 15 is 0 Å². The molecule has 1 rings (SSSR count). The van der Waals surface area contributed by atoms with Gasteiger partial charge in [-0.25, -0.2) is 8.42 Å². The summed E-state index contributed by atoms with van der Waals surface area (Å²) in [4.78, 5) is 11.9. The predicted molar refractivity (Wildman–Crippen MR) is 76.5 cm³/mol. The highest BCUT2D eigenvalue weighted by molar-refractivity contribution is 7.88. The van der Waals surface area contributed by atoms with Crippen molar-refractivity contribution in [1.29, 1.82) is 0 Å². The summed E-state index contributed by atoms with van der Waals surface area (Å²) >= 11 is 0. The first-order valence-corrected chi connectivity index (χ1v) is 8.00. The van der Waals surface area contributed by atoms with E-state index in [1.54, 1.807) is 6.07 Å². The number of nitrogens with one attached hydrogen (secondary N) is 1. The highest BCUT2D eigenvalue weighted by Crippen LogP contribution is 2.13. The minimum atomic E-state index is -3.35. The van der Waals surface area contributed by atoms with Crippen LogP contribution in [0, 0.1) is 6.92 Å². The zero-order valence-electron chi connectivity index (χ0n) is 11.5. The van der Waals surface area contributed by atoms with Crippen LogP contribution in [0.3, 0.4) is 0 Å². The van der Waals surface area contributed by atoms with Crippen molar-refractivity contribution in [2.24, 2.45) is 0 Å². The van der Waals surface area contributed by atoms with Crippen molar-refractivity contribution in [3.05, 3.63) is 29.8 Å². The first-order chi connectivity index (χ1) is 8.84. The van der Waals surface area contributed by atoms with Crippen LogP contribution in [0.1, 0.15) is 18.9 Å². The summed E-state index contributed by atoms with van der Waals surface area (Å²) in [6, 6.07) is 7.38. The number of hydrogen-bond donors (Lipinski definition) is 1. The smallest absolute Gasteiger partial charge is 0.239 e. The van der Waals surface area contributed by atoms with E-state index in [0.29, 0.717) is 18.7 Å². The van der Waals surface area contributed by atoms with E-state index in [9.17, 15) is 13.2 Å². The third-order valence-corrected chi connectivity index (χ3v) is 3.93. The highest BCUT2D eigenvalue weighted by atomic mass is 32.2. The summed E-state index contributed by atoms with van der Waals surface area (Å²) in [5, 5.41) is 2.73. The third kappa shape index (κ3) is 5.00. The molecular formula is C13H20N2O3S. The van der Waals surface area contributed by atoms with Crippen LogP contribution in [0.15, 0.2) is 24.3 Å². The Balaban J connectivity index is 2.71. The Labute approximate surface area is 114 Å². The van der Waals surface area contributed by atoms with E-state index in [4.69, 9.17) is 0 Å². The fourth-order valence-electron chi connectivity index (χ4n) is 1.67.